The van der Waals surface area contributed by atoms with Crippen LogP contribution in [-0.2, 0) is 4.79 Å². The summed E-state index contributed by atoms with van der Waals surface area (Å²) in [6.07, 6.45) is 3.38. The number of anilines is 1. The van der Waals surface area contributed by atoms with Gasteiger partial charge in [-0.1, -0.05) is 31.2 Å². The van der Waals surface area contributed by atoms with Gasteiger partial charge in [0.1, 0.15) is 18.1 Å². The van der Waals surface area contributed by atoms with Gasteiger partial charge in [-0.05, 0) is 75.7 Å². The van der Waals surface area contributed by atoms with Crippen LogP contribution < -0.4 is 15.5 Å². The molecule has 2 amide bonds. The van der Waals surface area contributed by atoms with Crippen molar-refractivity contribution in [1.29, 1.82) is 0 Å². The van der Waals surface area contributed by atoms with Crippen molar-refractivity contribution in [3.8, 4) is 28.1 Å². The number of hydrogen-bond donors (Lipinski definition) is 2. The summed E-state index contributed by atoms with van der Waals surface area (Å²) < 4.78 is 8.06. The van der Waals surface area contributed by atoms with Crippen LogP contribution in [0.4, 0.5) is 5.69 Å². The van der Waals surface area contributed by atoms with Crippen LogP contribution in [0.1, 0.15) is 62.3 Å². The normalized spacial score (nSPS) is 10.7. The lowest BCUT2D eigenvalue weighted by Gasteiger charge is -2.22. The fourth-order valence-electron chi connectivity index (χ4n) is 4.76. The molecule has 0 aliphatic heterocycles. The number of carbonyl (C=O) groups is 3. The van der Waals surface area contributed by atoms with Crippen LogP contribution in [0.15, 0.2) is 77.5 Å². The molecule has 0 aliphatic rings. The lowest BCUT2D eigenvalue weighted by molar-refractivity contribution is -0.0980. The van der Waals surface area contributed by atoms with Crippen LogP contribution in [0.2, 0.25) is 0 Å². The number of fused-ring (bicyclic) bond motifs is 1. The highest BCUT2D eigenvalue weighted by Crippen LogP contribution is 2.41. The van der Waals surface area contributed by atoms with Crippen LogP contribution in [0.5, 0.6) is 0 Å². The summed E-state index contributed by atoms with van der Waals surface area (Å²) in [5.74, 6) is 0.0850. The second-order valence-electron chi connectivity index (χ2n) is 10.9. The third-order valence-electron chi connectivity index (χ3n) is 6.89. The Kier molecular flexibility index (Phi) is 11.4. The molecule has 0 atom stereocenters. The molecule has 2 aromatic heterocycles. The molecule has 2 N–H and O–H groups in total. The molecule has 3 aromatic carbocycles. The largest absolute Gasteiger partial charge is 0.455 e. The zero-order valence-electron chi connectivity index (χ0n) is 27.3. The van der Waals surface area contributed by atoms with Gasteiger partial charge in [0.25, 0.3) is 11.8 Å². The van der Waals surface area contributed by atoms with Crippen molar-refractivity contribution in [1.82, 2.24) is 25.6 Å². The van der Waals surface area contributed by atoms with Gasteiger partial charge in [-0.3, -0.25) is 9.59 Å². The van der Waals surface area contributed by atoms with Gasteiger partial charge in [-0.15, -0.1) is 5.10 Å². The van der Waals surface area contributed by atoms with E-state index in [1.165, 1.54) is 0 Å². The van der Waals surface area contributed by atoms with Gasteiger partial charge in [0, 0.05) is 60.0 Å². The number of rotatable bonds is 7. The maximum atomic E-state index is 13.3. The summed E-state index contributed by atoms with van der Waals surface area (Å²) in [6, 6.07) is 19.1. The Bertz CT molecular complexity index is 1730. The van der Waals surface area contributed by atoms with E-state index in [1.54, 1.807) is 30.2 Å². The van der Waals surface area contributed by atoms with E-state index in [-0.39, 0.29) is 17.4 Å². The average molecular weight is 611 g/mol. The van der Waals surface area contributed by atoms with E-state index in [4.69, 9.17) is 9.21 Å². The maximum Gasteiger partial charge on any atom is 0.255 e. The summed E-state index contributed by atoms with van der Waals surface area (Å²) in [7, 11) is 3.61. The van der Waals surface area contributed by atoms with Crippen LogP contribution in [0.3, 0.4) is 0 Å². The molecule has 0 bridgehead atoms. The first-order valence-corrected chi connectivity index (χ1v) is 14.8. The molecule has 0 radical (unpaired) electrons. The van der Waals surface area contributed by atoms with Crippen molar-refractivity contribution in [3.05, 3.63) is 84.2 Å². The van der Waals surface area contributed by atoms with E-state index in [0.29, 0.717) is 27.9 Å². The molecule has 10 heteroatoms. The Hall–Kier alpha value is -5.25. The van der Waals surface area contributed by atoms with Crippen molar-refractivity contribution < 1.29 is 18.8 Å². The number of aromatic nitrogens is 3. The lowest BCUT2D eigenvalue weighted by Crippen LogP contribution is -2.40. The van der Waals surface area contributed by atoms with E-state index < -0.39 is 0 Å². The van der Waals surface area contributed by atoms with E-state index in [2.05, 4.69) is 32.8 Å². The number of carbonyl (C=O) groups excluding carboxylic acids is 3. The lowest BCUT2D eigenvalue weighted by atomic mass is 9.96. The Balaban J connectivity index is 0.00000133. The zero-order valence-corrected chi connectivity index (χ0v) is 27.3. The minimum Gasteiger partial charge on any atom is -0.455 e. The SMILES string of the molecule is C=O.CC.CCN(C)c1cc2oc(-c3ccc(-n4ccnn4)cc3)c(C(=O)NC)c2cc1-c1cccc(C(=O)NC(C)(C)C)c1. The Morgan fingerprint density at radius 2 is 1.67 bits per heavy atom. The van der Waals surface area contributed by atoms with Crippen molar-refractivity contribution in [2.24, 2.45) is 0 Å². The molecular weight excluding hydrogens is 568 g/mol. The first kappa shape index (κ1) is 34.2. The molecule has 0 fully saturated rings. The molecule has 45 heavy (non-hydrogen) atoms. The van der Waals surface area contributed by atoms with Gasteiger partial charge in [0.2, 0.25) is 0 Å². The van der Waals surface area contributed by atoms with Crippen LogP contribution >= 0.6 is 0 Å². The monoisotopic (exact) mass is 610 g/mol. The van der Waals surface area contributed by atoms with Gasteiger partial charge in [0.05, 0.1) is 23.6 Å². The van der Waals surface area contributed by atoms with Gasteiger partial charge in [0.15, 0.2) is 0 Å². The zero-order chi connectivity index (χ0) is 33.3. The number of amides is 2. The number of hydrogen-bond acceptors (Lipinski definition) is 7. The number of benzene rings is 3. The molecule has 236 valence electrons. The first-order chi connectivity index (χ1) is 21.6. The maximum absolute atomic E-state index is 13.3. The van der Waals surface area contributed by atoms with Crippen molar-refractivity contribution in [2.45, 2.75) is 47.1 Å². The standard InChI is InChI=1S/C32H34N6O3.C2H6.CH2O/c1-7-37(6)26-19-27-25(18-24(26)21-9-8-10-22(17-21)30(39)35-32(2,3)4)28(31(40)33-5)29(41-27)20-11-13-23(14-12-20)38-16-15-34-36-38;2*1-2/h8-19H,7H2,1-6H3,(H,33,40)(H,35,39);1-2H3;1H2. The van der Waals surface area contributed by atoms with Crippen molar-refractivity contribution in [2.75, 3.05) is 25.5 Å². The Morgan fingerprint density at radius 3 is 2.24 bits per heavy atom. The molecule has 2 heterocycles. The van der Waals surface area contributed by atoms with Crippen LogP contribution in [0, 0.1) is 0 Å². The van der Waals surface area contributed by atoms with Crippen molar-refractivity contribution in [3.63, 3.8) is 0 Å². The number of furan rings is 1. The first-order valence-electron chi connectivity index (χ1n) is 14.8. The molecule has 5 aromatic rings. The molecule has 0 unspecified atom stereocenters. The Morgan fingerprint density at radius 1 is 0.978 bits per heavy atom. The second-order valence-corrected chi connectivity index (χ2v) is 10.9. The summed E-state index contributed by atoms with van der Waals surface area (Å²) in [5.41, 5.74) is 5.54. The fraction of sp³-hybridized carbons (Fsp3) is 0.286. The molecular formula is C35H42N6O4. The van der Waals surface area contributed by atoms with E-state index >= 15 is 0 Å². The molecule has 0 saturated carbocycles. The van der Waals surface area contributed by atoms with Gasteiger partial charge in [-0.25, -0.2) is 4.68 Å². The van der Waals surface area contributed by atoms with Gasteiger partial charge >= 0.3 is 0 Å². The minimum atomic E-state index is -0.358. The van der Waals surface area contributed by atoms with E-state index in [0.717, 1.165) is 34.6 Å². The second kappa shape index (κ2) is 15.0. The quantitative estimate of drug-likeness (QED) is 0.215. The third kappa shape index (κ3) is 7.64. The number of nitrogens with one attached hydrogen (secondary N) is 2. The topological polar surface area (TPSA) is 122 Å². The summed E-state index contributed by atoms with van der Waals surface area (Å²) in [4.78, 5) is 36.4. The molecule has 5 rings (SSSR count). The third-order valence-corrected chi connectivity index (χ3v) is 6.89. The highest BCUT2D eigenvalue weighted by molar-refractivity contribution is 6.13. The summed E-state index contributed by atoms with van der Waals surface area (Å²) >= 11 is 0. The predicted molar refractivity (Wildman–Crippen MR) is 180 cm³/mol. The van der Waals surface area contributed by atoms with Gasteiger partial charge in [-0.2, -0.15) is 0 Å². The predicted octanol–water partition coefficient (Wildman–Crippen LogP) is 6.53. The molecule has 0 spiro atoms. The molecule has 10 nitrogen and oxygen atoms in total. The summed E-state index contributed by atoms with van der Waals surface area (Å²) in [6.45, 7) is 14.7. The summed E-state index contributed by atoms with van der Waals surface area (Å²) in [5, 5.41) is 14.4. The highest BCUT2D eigenvalue weighted by Gasteiger charge is 2.25. The fourth-order valence-corrected chi connectivity index (χ4v) is 4.76. The highest BCUT2D eigenvalue weighted by atomic mass is 16.3. The molecule has 0 saturated heterocycles. The van der Waals surface area contributed by atoms with Crippen molar-refractivity contribution >= 4 is 35.3 Å². The Labute approximate surface area is 264 Å². The molecule has 0 aliphatic carbocycles. The van der Waals surface area contributed by atoms with E-state index in [1.807, 2.05) is 103 Å². The number of nitrogens with zero attached hydrogens (tertiary/aromatic N) is 4. The van der Waals surface area contributed by atoms with E-state index in [9.17, 15) is 9.59 Å². The van der Waals surface area contributed by atoms with Crippen LogP contribution in [-0.4, -0.2) is 59.8 Å². The minimum absolute atomic E-state index is 0.142. The average Bonchev–Trinajstić information content (AvgIpc) is 3.73. The van der Waals surface area contributed by atoms with Crippen LogP contribution in [0.25, 0.3) is 39.1 Å². The smallest absolute Gasteiger partial charge is 0.255 e. The van der Waals surface area contributed by atoms with Gasteiger partial charge < -0.3 is 24.7 Å².